The van der Waals surface area contributed by atoms with E-state index in [-0.39, 0.29) is 11.1 Å². The van der Waals surface area contributed by atoms with Gasteiger partial charge in [-0.1, -0.05) is 30.3 Å². The third kappa shape index (κ3) is 3.34. The van der Waals surface area contributed by atoms with Gasteiger partial charge in [-0.05, 0) is 48.9 Å². The molecule has 0 bridgehead atoms. The molecule has 5 rings (SSSR count). The van der Waals surface area contributed by atoms with Gasteiger partial charge in [0.05, 0.1) is 11.2 Å². The van der Waals surface area contributed by atoms with Crippen molar-refractivity contribution < 1.29 is 0 Å². The lowest BCUT2D eigenvalue weighted by molar-refractivity contribution is 0.506. The Morgan fingerprint density at radius 1 is 1.03 bits per heavy atom. The average Bonchev–Trinajstić information content (AvgIpc) is 3.27. The van der Waals surface area contributed by atoms with Crippen LogP contribution in [0.2, 0.25) is 0 Å². The van der Waals surface area contributed by atoms with Crippen molar-refractivity contribution in [3.05, 3.63) is 70.0 Å². The van der Waals surface area contributed by atoms with Crippen LogP contribution in [0, 0.1) is 16.7 Å². The zero-order valence-corrected chi connectivity index (χ0v) is 18.3. The molecular weight excluding hydrogens is 398 g/mol. The Bertz CT molecular complexity index is 1280. The topological polar surface area (TPSA) is 76.1 Å². The van der Waals surface area contributed by atoms with Gasteiger partial charge in [0.15, 0.2) is 0 Å². The van der Waals surface area contributed by atoms with Crippen molar-refractivity contribution in [2.45, 2.75) is 31.6 Å². The molecule has 0 amide bonds. The van der Waals surface area contributed by atoms with Crippen molar-refractivity contribution in [3.8, 4) is 6.07 Å². The van der Waals surface area contributed by atoms with Crippen molar-refractivity contribution in [2.75, 3.05) is 29.4 Å². The number of fused-ring (bicyclic) bond motifs is 1. The Hall–Kier alpha value is -3.59. The summed E-state index contributed by atoms with van der Waals surface area (Å²) in [5.74, 6) is 1.17. The van der Waals surface area contributed by atoms with Gasteiger partial charge in [-0.2, -0.15) is 5.26 Å². The van der Waals surface area contributed by atoms with Gasteiger partial charge >= 0.3 is 0 Å². The maximum atomic E-state index is 12.8. The Labute approximate surface area is 187 Å². The number of aryl methyl sites for hydroxylation is 1. The second kappa shape index (κ2) is 8.16. The molecular formula is C26H27N5O. The number of benzene rings is 2. The maximum absolute atomic E-state index is 12.8. The van der Waals surface area contributed by atoms with Gasteiger partial charge in [-0.25, -0.2) is 0 Å². The van der Waals surface area contributed by atoms with Crippen molar-refractivity contribution >= 4 is 28.1 Å². The number of aromatic nitrogens is 1. The molecule has 0 atom stereocenters. The van der Waals surface area contributed by atoms with Crippen LogP contribution in [0.4, 0.5) is 11.4 Å². The van der Waals surface area contributed by atoms with E-state index in [1.807, 2.05) is 24.3 Å². The quantitative estimate of drug-likeness (QED) is 0.676. The molecule has 6 nitrogen and oxygen atoms in total. The fourth-order valence-corrected chi connectivity index (χ4v) is 5.23. The maximum Gasteiger partial charge on any atom is 0.270 e. The third-order valence-corrected chi connectivity index (χ3v) is 7.00. The van der Waals surface area contributed by atoms with Crippen LogP contribution >= 0.6 is 0 Å². The first-order valence-corrected chi connectivity index (χ1v) is 11.3. The summed E-state index contributed by atoms with van der Waals surface area (Å²) in [6.45, 7) is 2.56. The van der Waals surface area contributed by atoms with Crippen molar-refractivity contribution in [1.29, 1.82) is 10.7 Å². The largest absolute Gasteiger partial charge is 0.370 e. The van der Waals surface area contributed by atoms with Crippen LogP contribution in [-0.2, 0) is 7.05 Å². The number of nitrogens with zero attached hydrogens (tertiary/aromatic N) is 4. The monoisotopic (exact) mass is 425 g/mol. The van der Waals surface area contributed by atoms with Gasteiger partial charge in [0.25, 0.3) is 5.56 Å². The standard InChI is InChI=1S/C26H27N5O/c1-29-23-6-3-2-5-21(23)25(22(17-27)26(29)32)30-15-12-19(13-16-30)18-8-10-20(11-9-18)31-14-4-7-24(31)28/h2-3,5-6,8-11,19,28H,4,7,12-16H2,1H3. The van der Waals surface area contributed by atoms with Gasteiger partial charge in [0, 0.05) is 44.2 Å². The zero-order chi connectivity index (χ0) is 22.2. The second-order valence-corrected chi connectivity index (χ2v) is 8.77. The summed E-state index contributed by atoms with van der Waals surface area (Å²) in [5, 5.41) is 18.8. The third-order valence-electron chi connectivity index (χ3n) is 7.00. The fraction of sp³-hybridized carbons (Fsp3) is 0.346. The minimum Gasteiger partial charge on any atom is -0.370 e. The highest BCUT2D eigenvalue weighted by Gasteiger charge is 2.26. The first-order valence-electron chi connectivity index (χ1n) is 11.3. The van der Waals surface area contributed by atoms with Crippen LogP contribution in [-0.4, -0.2) is 30.0 Å². The summed E-state index contributed by atoms with van der Waals surface area (Å²) >= 11 is 0. The number of para-hydroxylation sites is 1. The summed E-state index contributed by atoms with van der Waals surface area (Å²) in [6, 6.07) is 18.7. The Balaban J connectivity index is 1.38. The molecule has 2 aliphatic heterocycles. The van der Waals surface area contributed by atoms with E-state index in [0.717, 1.165) is 67.6 Å². The van der Waals surface area contributed by atoms with Gasteiger partial charge in [-0.3, -0.25) is 10.2 Å². The first-order chi connectivity index (χ1) is 15.6. The van der Waals surface area contributed by atoms with E-state index in [9.17, 15) is 10.1 Å². The number of hydrogen-bond acceptors (Lipinski definition) is 4. The van der Waals surface area contributed by atoms with Crippen molar-refractivity contribution in [1.82, 2.24) is 4.57 Å². The van der Waals surface area contributed by atoms with Gasteiger partial charge in [-0.15, -0.1) is 0 Å². The highest BCUT2D eigenvalue weighted by atomic mass is 16.1. The number of pyridine rings is 1. The molecule has 0 aliphatic carbocycles. The van der Waals surface area contributed by atoms with Crippen LogP contribution in [0.15, 0.2) is 53.3 Å². The number of hydrogen-bond donors (Lipinski definition) is 1. The van der Waals surface area contributed by atoms with E-state index in [4.69, 9.17) is 5.41 Å². The lowest BCUT2D eigenvalue weighted by atomic mass is 9.88. The van der Waals surface area contributed by atoms with E-state index >= 15 is 0 Å². The first kappa shape index (κ1) is 20.3. The van der Waals surface area contributed by atoms with Gasteiger partial charge < -0.3 is 14.4 Å². The number of piperidine rings is 1. The molecule has 2 fully saturated rings. The van der Waals surface area contributed by atoms with Gasteiger partial charge in [0.2, 0.25) is 0 Å². The summed E-state index contributed by atoms with van der Waals surface area (Å²) in [6.07, 6.45) is 3.88. The summed E-state index contributed by atoms with van der Waals surface area (Å²) in [7, 11) is 1.73. The normalized spacial score (nSPS) is 17.2. The summed E-state index contributed by atoms with van der Waals surface area (Å²) in [4.78, 5) is 17.1. The molecule has 1 aromatic heterocycles. The van der Waals surface area contributed by atoms with Gasteiger partial charge in [0.1, 0.15) is 17.5 Å². The molecule has 2 aliphatic rings. The number of nitriles is 1. The number of amidine groups is 1. The summed E-state index contributed by atoms with van der Waals surface area (Å²) in [5.41, 5.74) is 4.09. The van der Waals surface area contributed by atoms with Crippen molar-refractivity contribution in [3.63, 3.8) is 0 Å². The molecule has 3 aromatic rings. The highest BCUT2D eigenvalue weighted by Crippen LogP contribution is 2.35. The zero-order valence-electron chi connectivity index (χ0n) is 18.3. The molecule has 0 unspecified atom stereocenters. The smallest absolute Gasteiger partial charge is 0.270 e. The molecule has 2 saturated heterocycles. The predicted octanol–water partition coefficient (Wildman–Crippen LogP) is 4.37. The summed E-state index contributed by atoms with van der Waals surface area (Å²) < 4.78 is 1.58. The lowest BCUT2D eigenvalue weighted by Gasteiger charge is -2.35. The average molecular weight is 426 g/mol. The van der Waals surface area contributed by atoms with E-state index in [0.29, 0.717) is 11.8 Å². The minimum absolute atomic E-state index is 0.230. The molecule has 0 spiro atoms. The van der Waals surface area contributed by atoms with Crippen molar-refractivity contribution in [2.24, 2.45) is 7.05 Å². The van der Waals surface area contributed by atoms with Crippen LogP contribution < -0.4 is 15.4 Å². The molecule has 0 radical (unpaired) electrons. The highest BCUT2D eigenvalue weighted by molar-refractivity contribution is 5.97. The molecule has 1 N–H and O–H groups in total. The number of anilines is 2. The van der Waals surface area contributed by atoms with E-state index < -0.39 is 0 Å². The predicted molar refractivity (Wildman–Crippen MR) is 129 cm³/mol. The Morgan fingerprint density at radius 3 is 2.41 bits per heavy atom. The molecule has 32 heavy (non-hydrogen) atoms. The lowest BCUT2D eigenvalue weighted by Crippen LogP contribution is -2.35. The minimum atomic E-state index is -0.230. The van der Waals surface area contributed by atoms with E-state index in [1.54, 1.807) is 11.6 Å². The van der Waals surface area contributed by atoms with Crippen LogP contribution in [0.25, 0.3) is 10.9 Å². The molecule has 3 heterocycles. The SMILES string of the molecule is Cn1c(=O)c(C#N)c(N2CCC(c3ccc(N4CCCC4=N)cc3)CC2)c2ccccc21. The van der Waals surface area contributed by atoms with Crippen LogP contribution in [0.3, 0.4) is 0 Å². The molecule has 6 heteroatoms. The van der Waals surface area contributed by atoms with E-state index in [1.165, 1.54) is 5.56 Å². The number of nitrogens with one attached hydrogen (secondary N) is 1. The molecule has 162 valence electrons. The Kier molecular flexibility index (Phi) is 5.18. The molecule has 0 saturated carbocycles. The Morgan fingerprint density at radius 2 is 1.75 bits per heavy atom. The molecule has 2 aromatic carbocycles. The second-order valence-electron chi connectivity index (χ2n) is 8.77. The van der Waals surface area contributed by atoms with Crippen LogP contribution in [0.1, 0.15) is 42.7 Å². The fourth-order valence-electron chi connectivity index (χ4n) is 5.23. The van der Waals surface area contributed by atoms with Crippen LogP contribution in [0.5, 0.6) is 0 Å². The van der Waals surface area contributed by atoms with E-state index in [2.05, 4.69) is 40.1 Å². The number of rotatable bonds is 3.